The maximum absolute atomic E-state index is 13.5. The smallest absolute Gasteiger partial charge is 0.197 e. The van der Waals surface area contributed by atoms with E-state index < -0.39 is 0 Å². The Balaban J connectivity index is 2.25. The molecular formula is C13H9FN2OS. The predicted octanol–water partition coefficient (Wildman–Crippen LogP) is 4.00. The van der Waals surface area contributed by atoms with Crippen molar-refractivity contribution in [3.8, 4) is 11.5 Å². The average molecular weight is 260 g/mol. The van der Waals surface area contributed by atoms with E-state index >= 15 is 0 Å². The van der Waals surface area contributed by atoms with E-state index in [2.05, 4.69) is 9.97 Å². The molecule has 90 valence electrons. The van der Waals surface area contributed by atoms with Gasteiger partial charge in [0.2, 0.25) is 0 Å². The summed E-state index contributed by atoms with van der Waals surface area (Å²) in [4.78, 5) is 7.09. The second kappa shape index (κ2) is 4.03. The van der Waals surface area contributed by atoms with Crippen molar-refractivity contribution in [3.63, 3.8) is 0 Å². The second-order valence-electron chi connectivity index (χ2n) is 4.02. The van der Waals surface area contributed by atoms with Gasteiger partial charge in [-0.1, -0.05) is 12.1 Å². The number of aryl methyl sites for hydroxylation is 1. The van der Waals surface area contributed by atoms with Crippen molar-refractivity contribution < 1.29 is 8.81 Å². The number of nitrogens with zero attached hydrogens (tertiary/aromatic N) is 1. The number of nitrogens with one attached hydrogen (secondary N) is 1. The van der Waals surface area contributed by atoms with Crippen LogP contribution >= 0.6 is 12.2 Å². The highest BCUT2D eigenvalue weighted by Crippen LogP contribution is 2.28. The molecule has 1 N–H and O–H groups in total. The van der Waals surface area contributed by atoms with E-state index in [4.69, 9.17) is 16.6 Å². The Bertz CT molecular complexity index is 791. The van der Waals surface area contributed by atoms with Crippen LogP contribution < -0.4 is 0 Å². The Morgan fingerprint density at radius 3 is 2.89 bits per heavy atom. The van der Waals surface area contributed by atoms with Crippen LogP contribution in [-0.2, 0) is 0 Å². The molecule has 0 radical (unpaired) electrons. The van der Waals surface area contributed by atoms with Crippen molar-refractivity contribution >= 4 is 23.2 Å². The number of fused-ring (bicyclic) bond motifs is 1. The van der Waals surface area contributed by atoms with E-state index in [-0.39, 0.29) is 11.4 Å². The fraction of sp³-hybridized carbons (Fsp3) is 0.0769. The molecule has 0 saturated carbocycles. The molecule has 18 heavy (non-hydrogen) atoms. The van der Waals surface area contributed by atoms with Gasteiger partial charge in [0.1, 0.15) is 5.69 Å². The van der Waals surface area contributed by atoms with Crippen molar-refractivity contribution in [2.45, 2.75) is 6.92 Å². The molecule has 0 saturated heterocycles. The lowest BCUT2D eigenvalue weighted by molar-refractivity contribution is 0.567. The van der Waals surface area contributed by atoms with Crippen molar-refractivity contribution in [1.29, 1.82) is 0 Å². The number of halogens is 1. The molecule has 5 heteroatoms. The SMILES string of the molecule is Cc1cc(-c2cc3cccc(F)c3o2)nc(=S)[nH]1. The van der Waals surface area contributed by atoms with E-state index in [0.29, 0.717) is 21.6 Å². The Morgan fingerprint density at radius 2 is 2.17 bits per heavy atom. The van der Waals surface area contributed by atoms with Crippen LogP contribution in [0.15, 0.2) is 34.7 Å². The molecule has 1 aromatic carbocycles. The van der Waals surface area contributed by atoms with Crippen LogP contribution in [0.3, 0.4) is 0 Å². The molecule has 0 bridgehead atoms. The third kappa shape index (κ3) is 1.82. The molecule has 2 aromatic heterocycles. The summed E-state index contributed by atoms with van der Waals surface area (Å²) in [7, 11) is 0. The van der Waals surface area contributed by atoms with Crippen molar-refractivity contribution in [3.05, 3.63) is 46.6 Å². The van der Waals surface area contributed by atoms with Crippen LogP contribution in [0.2, 0.25) is 0 Å². The van der Waals surface area contributed by atoms with Gasteiger partial charge in [0, 0.05) is 11.1 Å². The minimum atomic E-state index is -0.378. The molecule has 3 nitrogen and oxygen atoms in total. The Hall–Kier alpha value is -2.01. The first kappa shape index (κ1) is 11.1. The summed E-state index contributed by atoms with van der Waals surface area (Å²) >= 11 is 5.01. The molecular weight excluding hydrogens is 251 g/mol. The van der Waals surface area contributed by atoms with Gasteiger partial charge in [-0.25, -0.2) is 9.37 Å². The predicted molar refractivity (Wildman–Crippen MR) is 69.3 cm³/mol. The molecule has 0 aliphatic heterocycles. The van der Waals surface area contributed by atoms with E-state index in [0.717, 1.165) is 5.69 Å². The summed E-state index contributed by atoms with van der Waals surface area (Å²) in [6.45, 7) is 1.88. The molecule has 0 atom stereocenters. The standard InChI is InChI=1S/C13H9FN2OS/c1-7-5-10(16-13(18)15-7)11-6-8-3-2-4-9(14)12(8)17-11/h2-6H,1H3,(H,15,16,18). The molecule has 3 aromatic rings. The molecule has 2 heterocycles. The molecule has 0 aliphatic rings. The lowest BCUT2D eigenvalue weighted by Crippen LogP contribution is -1.88. The van der Waals surface area contributed by atoms with E-state index in [1.54, 1.807) is 18.2 Å². The fourth-order valence-corrected chi connectivity index (χ4v) is 2.12. The quantitative estimate of drug-likeness (QED) is 0.672. The molecule has 0 fully saturated rings. The average Bonchev–Trinajstić information content (AvgIpc) is 2.73. The highest BCUT2D eigenvalue weighted by atomic mass is 32.1. The summed E-state index contributed by atoms with van der Waals surface area (Å²) in [5.41, 5.74) is 1.73. The Kier molecular flexibility index (Phi) is 2.48. The summed E-state index contributed by atoms with van der Waals surface area (Å²) in [5.74, 6) is 0.134. The number of H-pyrrole nitrogens is 1. The first-order valence-corrected chi connectivity index (χ1v) is 5.81. The summed E-state index contributed by atoms with van der Waals surface area (Å²) in [5, 5.41) is 0.711. The van der Waals surface area contributed by atoms with Gasteiger partial charge in [-0.2, -0.15) is 0 Å². The summed E-state index contributed by atoms with van der Waals surface area (Å²) in [6.07, 6.45) is 0. The number of benzene rings is 1. The molecule has 0 amide bonds. The topological polar surface area (TPSA) is 41.8 Å². The maximum atomic E-state index is 13.5. The zero-order chi connectivity index (χ0) is 12.7. The van der Waals surface area contributed by atoms with Gasteiger partial charge in [0.05, 0.1) is 0 Å². The van der Waals surface area contributed by atoms with Gasteiger partial charge >= 0.3 is 0 Å². The van der Waals surface area contributed by atoms with Crippen LogP contribution in [0, 0.1) is 17.5 Å². The largest absolute Gasteiger partial charge is 0.451 e. The van der Waals surface area contributed by atoms with Crippen molar-refractivity contribution in [1.82, 2.24) is 9.97 Å². The molecule has 0 aliphatic carbocycles. The minimum absolute atomic E-state index is 0.241. The van der Waals surface area contributed by atoms with Gasteiger partial charge in [0.25, 0.3) is 0 Å². The Morgan fingerprint density at radius 1 is 1.33 bits per heavy atom. The normalized spacial score (nSPS) is 11.0. The zero-order valence-corrected chi connectivity index (χ0v) is 10.3. The van der Waals surface area contributed by atoms with Gasteiger partial charge in [0.15, 0.2) is 21.9 Å². The van der Waals surface area contributed by atoms with Gasteiger partial charge in [-0.05, 0) is 37.3 Å². The second-order valence-corrected chi connectivity index (χ2v) is 4.41. The molecule has 0 spiro atoms. The summed E-state index contributed by atoms with van der Waals surface area (Å²) in [6, 6.07) is 8.38. The van der Waals surface area contributed by atoms with E-state index in [1.807, 2.05) is 13.0 Å². The zero-order valence-electron chi connectivity index (χ0n) is 9.53. The Labute approximate surface area is 107 Å². The van der Waals surface area contributed by atoms with E-state index in [1.165, 1.54) is 6.07 Å². The number of aromatic nitrogens is 2. The number of furan rings is 1. The monoisotopic (exact) mass is 260 g/mol. The number of aromatic amines is 1. The number of para-hydroxylation sites is 1. The van der Waals surface area contributed by atoms with Crippen molar-refractivity contribution in [2.24, 2.45) is 0 Å². The van der Waals surface area contributed by atoms with Crippen LogP contribution in [0.1, 0.15) is 5.69 Å². The number of rotatable bonds is 1. The molecule has 0 unspecified atom stereocenters. The highest BCUT2D eigenvalue weighted by molar-refractivity contribution is 7.71. The minimum Gasteiger partial charge on any atom is -0.451 e. The van der Waals surface area contributed by atoms with Crippen LogP contribution in [0.25, 0.3) is 22.4 Å². The van der Waals surface area contributed by atoms with E-state index in [9.17, 15) is 4.39 Å². The van der Waals surface area contributed by atoms with Gasteiger partial charge < -0.3 is 9.40 Å². The number of hydrogen-bond donors (Lipinski definition) is 1. The highest BCUT2D eigenvalue weighted by Gasteiger charge is 2.10. The maximum Gasteiger partial charge on any atom is 0.197 e. The molecule has 3 rings (SSSR count). The lowest BCUT2D eigenvalue weighted by atomic mass is 10.2. The van der Waals surface area contributed by atoms with Gasteiger partial charge in [-0.15, -0.1) is 0 Å². The van der Waals surface area contributed by atoms with Crippen LogP contribution in [0.5, 0.6) is 0 Å². The first-order chi connectivity index (χ1) is 8.63. The number of hydrogen-bond acceptors (Lipinski definition) is 3. The van der Waals surface area contributed by atoms with Gasteiger partial charge in [-0.3, -0.25) is 0 Å². The van der Waals surface area contributed by atoms with Crippen LogP contribution in [0.4, 0.5) is 4.39 Å². The lowest BCUT2D eigenvalue weighted by Gasteiger charge is -1.97. The summed E-state index contributed by atoms with van der Waals surface area (Å²) < 4.78 is 19.4. The fourth-order valence-electron chi connectivity index (χ4n) is 1.86. The third-order valence-electron chi connectivity index (χ3n) is 2.63. The third-order valence-corrected chi connectivity index (χ3v) is 2.82. The first-order valence-electron chi connectivity index (χ1n) is 5.40. The van der Waals surface area contributed by atoms with Crippen LogP contribution in [-0.4, -0.2) is 9.97 Å². The van der Waals surface area contributed by atoms with Crippen molar-refractivity contribution in [2.75, 3.05) is 0 Å².